The molecule has 1 aromatic carbocycles. The molecule has 0 aliphatic heterocycles. The number of carboxylic acids is 1. The van der Waals surface area contributed by atoms with Crippen LogP contribution in [0.2, 0.25) is 0 Å². The van der Waals surface area contributed by atoms with Gasteiger partial charge < -0.3 is 9.84 Å². The first-order valence-corrected chi connectivity index (χ1v) is 3.57. The van der Waals surface area contributed by atoms with Crippen LogP contribution in [-0.2, 0) is 4.74 Å². The summed E-state index contributed by atoms with van der Waals surface area (Å²) in [6.45, 7) is 0. The van der Waals surface area contributed by atoms with E-state index in [0.717, 1.165) is 0 Å². The van der Waals surface area contributed by atoms with Crippen molar-refractivity contribution in [1.82, 2.24) is 0 Å². The van der Waals surface area contributed by atoms with Crippen molar-refractivity contribution in [2.24, 2.45) is 0 Å². The first-order valence-electron chi connectivity index (χ1n) is 3.57. The molecule has 5 heteroatoms. The predicted molar refractivity (Wildman–Crippen MR) is 50.5 cm³/mol. The normalized spacial score (nSPS) is 8.64. The monoisotopic (exact) mass is 388 g/mol. The van der Waals surface area contributed by atoms with Crippen molar-refractivity contribution in [3.63, 3.8) is 0 Å². The molecule has 0 aromatic heterocycles. The summed E-state index contributed by atoms with van der Waals surface area (Å²) in [4.78, 5) is 21.7. The number of benzene rings is 1. The van der Waals surface area contributed by atoms with E-state index in [9.17, 15) is 9.59 Å². The third-order valence-corrected chi connectivity index (χ3v) is 1.56. The fourth-order valence-corrected chi connectivity index (χ4v) is 0.958. The van der Waals surface area contributed by atoms with E-state index in [1.54, 1.807) is 12.1 Å². The second-order valence-electron chi connectivity index (χ2n) is 2.34. The van der Waals surface area contributed by atoms with Gasteiger partial charge in [0, 0.05) is 27.3 Å². The Labute approximate surface area is 101 Å². The smallest absolute Gasteiger partial charge is 0.338 e. The number of esters is 1. The van der Waals surface area contributed by atoms with Crippen LogP contribution in [0.5, 0.6) is 0 Å². The molecule has 72 valence electrons. The van der Waals surface area contributed by atoms with Gasteiger partial charge in [-0.05, 0) is 12.1 Å². The third-order valence-electron chi connectivity index (χ3n) is 1.56. The van der Waals surface area contributed by atoms with Gasteiger partial charge in [-0.25, -0.2) is 9.59 Å². The number of hydrogen-bond acceptors (Lipinski definition) is 3. The molecule has 1 aromatic rings. The molecule has 0 amide bonds. The van der Waals surface area contributed by atoms with Gasteiger partial charge in [-0.1, -0.05) is 12.1 Å². The molecular weight excluding hydrogens is 379 g/mol. The fraction of sp³-hybridized carbons (Fsp3) is 0.111. The van der Waals surface area contributed by atoms with Crippen molar-refractivity contribution in [1.29, 1.82) is 0 Å². The molecule has 1 rings (SSSR count). The number of carboxylic acid groups (broad SMARTS) is 1. The molecule has 0 fully saturated rings. The van der Waals surface area contributed by atoms with Crippen LogP contribution in [0, 0.1) is 0 Å². The summed E-state index contributed by atoms with van der Waals surface area (Å²) in [5, 5.41) is 8.70. The maximum absolute atomic E-state index is 11.1. The van der Waals surface area contributed by atoms with Crippen molar-refractivity contribution >= 4 is 39.2 Å². The van der Waals surface area contributed by atoms with Crippen LogP contribution in [0.4, 0.5) is 0 Å². The van der Waals surface area contributed by atoms with E-state index >= 15 is 0 Å². The quantitative estimate of drug-likeness (QED) is 0.602. The van der Waals surface area contributed by atoms with Crippen molar-refractivity contribution in [2.45, 2.75) is 0 Å². The van der Waals surface area contributed by atoms with Gasteiger partial charge >= 0.3 is 11.9 Å². The predicted octanol–water partition coefficient (Wildman–Crippen LogP) is 0.791. The summed E-state index contributed by atoms with van der Waals surface area (Å²) < 4.78 is 4.42. The zero-order valence-electron chi connectivity index (χ0n) is 7.48. The van der Waals surface area contributed by atoms with Gasteiger partial charge in [0.15, 0.2) is 0 Å². The molecule has 1 N–H and O–H groups in total. The zero-order chi connectivity index (χ0) is 9.84. The fourth-order valence-electron chi connectivity index (χ4n) is 0.958. The number of aromatic carboxylic acids is 1. The minimum atomic E-state index is -1.14. The summed E-state index contributed by atoms with van der Waals surface area (Å²) in [5.41, 5.74) is 0.0202. The minimum Gasteiger partial charge on any atom is -0.478 e. The second-order valence-corrected chi connectivity index (χ2v) is 2.34. The van der Waals surface area contributed by atoms with Crippen LogP contribution < -0.4 is 0 Å². The van der Waals surface area contributed by atoms with Gasteiger partial charge in [0.05, 0.1) is 18.2 Å². The van der Waals surface area contributed by atoms with Crippen LogP contribution in [-0.4, -0.2) is 51.5 Å². The van der Waals surface area contributed by atoms with E-state index in [0.29, 0.717) is 0 Å². The molecule has 0 saturated carbocycles. The molecule has 4 radical (unpaired) electrons. The summed E-state index contributed by atoms with van der Waals surface area (Å²) in [7, 11) is 1.21. The van der Waals surface area contributed by atoms with Gasteiger partial charge in [-0.15, -0.1) is 0 Å². The van der Waals surface area contributed by atoms with E-state index in [1.165, 1.54) is 19.2 Å². The van der Waals surface area contributed by atoms with E-state index in [2.05, 4.69) is 4.74 Å². The van der Waals surface area contributed by atoms with E-state index in [4.69, 9.17) is 5.11 Å². The first-order chi connectivity index (χ1) is 6.16. The standard InChI is InChI=1S/C9H8O4.Pb/c1-13-9(12)7-5-3-2-4-6(7)8(10)11;/h2-5H,1H3,(H,10,11);. The van der Waals surface area contributed by atoms with E-state index < -0.39 is 11.9 Å². The summed E-state index contributed by atoms with van der Waals surface area (Å²) in [5.74, 6) is -1.78. The average molecular weight is 387 g/mol. The van der Waals surface area contributed by atoms with Gasteiger partial charge in [-0.2, -0.15) is 0 Å². The molecule has 0 unspecified atom stereocenters. The van der Waals surface area contributed by atoms with Gasteiger partial charge in [0.1, 0.15) is 0 Å². The number of methoxy groups -OCH3 is 1. The number of hydrogen-bond donors (Lipinski definition) is 1. The van der Waals surface area contributed by atoms with E-state index in [-0.39, 0.29) is 38.4 Å². The van der Waals surface area contributed by atoms with Crippen molar-refractivity contribution in [3.05, 3.63) is 35.4 Å². The molecular formula is C9H8O4Pb. The average Bonchev–Trinajstić information content (AvgIpc) is 2.16. The van der Waals surface area contributed by atoms with Crippen LogP contribution in [0.25, 0.3) is 0 Å². The number of carbonyl (C=O) groups is 2. The molecule has 0 bridgehead atoms. The SMILES string of the molecule is COC(=O)c1ccccc1C(=O)O.[Pb]. The first kappa shape index (κ1) is 13.1. The Morgan fingerprint density at radius 3 is 2.14 bits per heavy atom. The van der Waals surface area contributed by atoms with E-state index in [1.807, 2.05) is 0 Å². The second kappa shape index (κ2) is 5.74. The summed E-state index contributed by atoms with van der Waals surface area (Å²) in [6.07, 6.45) is 0. The molecule has 0 atom stereocenters. The van der Waals surface area contributed by atoms with Crippen LogP contribution in [0.1, 0.15) is 20.7 Å². The van der Waals surface area contributed by atoms with Gasteiger partial charge in [-0.3, -0.25) is 0 Å². The number of carbonyl (C=O) groups excluding carboxylic acids is 1. The number of rotatable bonds is 2. The molecule has 4 nitrogen and oxygen atoms in total. The summed E-state index contributed by atoms with van der Waals surface area (Å²) >= 11 is 0. The zero-order valence-corrected chi connectivity index (χ0v) is 11.4. The molecule has 0 spiro atoms. The van der Waals surface area contributed by atoms with Crippen LogP contribution >= 0.6 is 0 Å². The van der Waals surface area contributed by atoms with Crippen molar-refractivity contribution in [2.75, 3.05) is 7.11 Å². The molecule has 0 aliphatic rings. The Morgan fingerprint density at radius 1 is 1.21 bits per heavy atom. The molecule has 14 heavy (non-hydrogen) atoms. The van der Waals surface area contributed by atoms with Crippen LogP contribution in [0.15, 0.2) is 24.3 Å². The van der Waals surface area contributed by atoms with Gasteiger partial charge in [0.25, 0.3) is 0 Å². The Kier molecular flexibility index (Phi) is 5.36. The summed E-state index contributed by atoms with van der Waals surface area (Å²) in [6, 6.07) is 5.90. The Balaban J connectivity index is 0.00000169. The van der Waals surface area contributed by atoms with Crippen molar-refractivity contribution < 1.29 is 19.4 Å². The Bertz CT molecular complexity index is 348. The Hall–Kier alpha value is -0.918. The topological polar surface area (TPSA) is 63.6 Å². The largest absolute Gasteiger partial charge is 0.478 e. The van der Waals surface area contributed by atoms with Crippen LogP contribution in [0.3, 0.4) is 0 Å². The maximum Gasteiger partial charge on any atom is 0.338 e. The third kappa shape index (κ3) is 2.79. The molecule has 0 aliphatic carbocycles. The Morgan fingerprint density at radius 2 is 1.71 bits per heavy atom. The van der Waals surface area contributed by atoms with Gasteiger partial charge in [0.2, 0.25) is 0 Å². The number of ether oxygens (including phenoxy) is 1. The molecule has 0 heterocycles. The van der Waals surface area contributed by atoms with Crippen molar-refractivity contribution in [3.8, 4) is 0 Å². The maximum atomic E-state index is 11.1. The molecule has 0 saturated heterocycles. The minimum absolute atomic E-state index is 0.